The molecule has 0 fully saturated rings. The van der Waals surface area contributed by atoms with Crippen molar-refractivity contribution in [2.75, 3.05) is 13.4 Å². The van der Waals surface area contributed by atoms with Crippen LogP contribution in [0.1, 0.15) is 22.8 Å². The second kappa shape index (κ2) is 4.11. The van der Waals surface area contributed by atoms with Crippen LogP contribution < -0.4 is 9.47 Å². The molecule has 0 unspecified atom stereocenters. The number of ether oxygens (including phenoxy) is 3. The van der Waals surface area contributed by atoms with Gasteiger partial charge < -0.3 is 14.2 Å². The van der Waals surface area contributed by atoms with Crippen LogP contribution >= 0.6 is 0 Å². The molecule has 16 heavy (non-hydrogen) atoms. The third-order valence-electron chi connectivity index (χ3n) is 2.13. The Bertz CT molecular complexity index is 476. The van der Waals surface area contributed by atoms with E-state index in [1.54, 1.807) is 6.92 Å². The highest BCUT2D eigenvalue weighted by Gasteiger charge is 2.21. The zero-order valence-corrected chi connectivity index (χ0v) is 8.65. The molecule has 0 atom stereocenters. The molecule has 0 amide bonds. The van der Waals surface area contributed by atoms with E-state index in [2.05, 4.69) is 0 Å². The van der Waals surface area contributed by atoms with Gasteiger partial charge in [-0.2, -0.15) is 5.26 Å². The lowest BCUT2D eigenvalue weighted by Gasteiger charge is -2.04. The van der Waals surface area contributed by atoms with Crippen LogP contribution in [0, 0.1) is 11.3 Å². The lowest BCUT2D eigenvalue weighted by molar-refractivity contribution is 0.0525. The van der Waals surface area contributed by atoms with Gasteiger partial charge in [-0.1, -0.05) is 0 Å². The number of carbonyl (C=O) groups excluding carboxylic acids is 1. The maximum atomic E-state index is 11.6. The predicted molar refractivity (Wildman–Crippen MR) is 53.2 cm³/mol. The zero-order chi connectivity index (χ0) is 11.5. The summed E-state index contributed by atoms with van der Waals surface area (Å²) in [6, 6.07) is 4.88. The molecule has 0 spiro atoms. The first-order chi connectivity index (χ1) is 7.76. The number of benzene rings is 1. The van der Waals surface area contributed by atoms with E-state index in [0.717, 1.165) is 0 Å². The van der Waals surface area contributed by atoms with Crippen LogP contribution in [0.2, 0.25) is 0 Å². The van der Waals surface area contributed by atoms with Gasteiger partial charge in [0.05, 0.1) is 17.7 Å². The average molecular weight is 219 g/mol. The van der Waals surface area contributed by atoms with Crippen molar-refractivity contribution in [1.82, 2.24) is 0 Å². The van der Waals surface area contributed by atoms with Crippen LogP contribution in [-0.4, -0.2) is 19.4 Å². The number of rotatable bonds is 2. The van der Waals surface area contributed by atoms with Crippen molar-refractivity contribution in [3.05, 3.63) is 23.3 Å². The van der Waals surface area contributed by atoms with Crippen molar-refractivity contribution in [3.63, 3.8) is 0 Å². The minimum Gasteiger partial charge on any atom is -0.462 e. The highest BCUT2D eigenvalue weighted by atomic mass is 16.7. The molecule has 0 N–H and O–H groups in total. The summed E-state index contributed by atoms with van der Waals surface area (Å²) in [6.07, 6.45) is 0. The molecule has 0 saturated carbocycles. The smallest absolute Gasteiger partial charge is 0.339 e. The SMILES string of the molecule is CCOC(=O)c1cc2c(cc1C#N)OCO2. The number of fused-ring (bicyclic) bond motifs is 1. The standard InChI is InChI=1S/C11H9NO4/c1-2-14-11(13)8-4-10-9(15-6-16-10)3-7(8)5-12/h3-4H,2,6H2,1H3. The summed E-state index contributed by atoms with van der Waals surface area (Å²) < 4.78 is 15.1. The van der Waals surface area contributed by atoms with Gasteiger partial charge in [0.2, 0.25) is 6.79 Å². The average Bonchev–Trinajstić information content (AvgIpc) is 2.74. The Balaban J connectivity index is 2.44. The maximum absolute atomic E-state index is 11.6. The van der Waals surface area contributed by atoms with Gasteiger partial charge in [-0.25, -0.2) is 4.79 Å². The molecular weight excluding hydrogens is 210 g/mol. The molecule has 1 aliphatic rings. The summed E-state index contributed by atoms with van der Waals surface area (Å²) in [5.74, 6) is 0.406. The molecule has 0 aliphatic carbocycles. The molecule has 5 nitrogen and oxygen atoms in total. The molecule has 0 aromatic heterocycles. The fourth-order valence-electron chi connectivity index (χ4n) is 1.41. The van der Waals surface area contributed by atoms with Crippen LogP contribution in [0.5, 0.6) is 11.5 Å². The van der Waals surface area contributed by atoms with Gasteiger partial charge in [0.1, 0.15) is 6.07 Å². The Morgan fingerprint density at radius 3 is 2.81 bits per heavy atom. The van der Waals surface area contributed by atoms with Crippen molar-refractivity contribution >= 4 is 5.97 Å². The van der Waals surface area contributed by atoms with Crippen LogP contribution in [0.3, 0.4) is 0 Å². The highest BCUT2D eigenvalue weighted by molar-refractivity contribution is 5.93. The molecule has 1 aliphatic heterocycles. The summed E-state index contributed by atoms with van der Waals surface area (Å²) in [6.45, 7) is 2.07. The topological polar surface area (TPSA) is 68.6 Å². The van der Waals surface area contributed by atoms with Gasteiger partial charge in [-0.15, -0.1) is 0 Å². The Hall–Kier alpha value is -2.22. The van der Waals surface area contributed by atoms with E-state index in [0.29, 0.717) is 11.5 Å². The third-order valence-corrected chi connectivity index (χ3v) is 2.13. The Labute approximate surface area is 92.1 Å². The minimum atomic E-state index is -0.530. The molecule has 1 heterocycles. The normalized spacial score (nSPS) is 12.0. The molecular formula is C11H9NO4. The molecule has 0 radical (unpaired) electrons. The Kier molecular flexibility index (Phi) is 2.64. The van der Waals surface area contributed by atoms with E-state index in [4.69, 9.17) is 19.5 Å². The Morgan fingerprint density at radius 2 is 2.19 bits per heavy atom. The quantitative estimate of drug-likeness (QED) is 0.704. The lowest BCUT2D eigenvalue weighted by Crippen LogP contribution is -2.06. The van der Waals surface area contributed by atoms with E-state index in [-0.39, 0.29) is 24.5 Å². The summed E-state index contributed by atoms with van der Waals surface area (Å²) in [7, 11) is 0. The van der Waals surface area contributed by atoms with Crippen LogP contribution in [-0.2, 0) is 4.74 Å². The summed E-state index contributed by atoms with van der Waals surface area (Å²) >= 11 is 0. The van der Waals surface area contributed by atoms with Gasteiger partial charge in [0.25, 0.3) is 0 Å². The molecule has 5 heteroatoms. The fraction of sp³-hybridized carbons (Fsp3) is 0.273. The van der Waals surface area contributed by atoms with Gasteiger partial charge in [-0.05, 0) is 6.92 Å². The van der Waals surface area contributed by atoms with Crippen LogP contribution in [0.25, 0.3) is 0 Å². The van der Waals surface area contributed by atoms with Gasteiger partial charge >= 0.3 is 5.97 Å². The highest BCUT2D eigenvalue weighted by Crippen LogP contribution is 2.34. The van der Waals surface area contributed by atoms with Crippen molar-refractivity contribution in [2.45, 2.75) is 6.92 Å². The minimum absolute atomic E-state index is 0.104. The fourth-order valence-corrected chi connectivity index (χ4v) is 1.41. The summed E-state index contributed by atoms with van der Waals surface area (Å²) in [5, 5.41) is 8.91. The predicted octanol–water partition coefficient (Wildman–Crippen LogP) is 1.46. The Morgan fingerprint density at radius 1 is 1.50 bits per heavy atom. The van der Waals surface area contributed by atoms with Crippen molar-refractivity contribution in [2.24, 2.45) is 0 Å². The number of carbonyl (C=O) groups is 1. The second-order valence-corrected chi connectivity index (χ2v) is 3.08. The molecule has 1 aromatic carbocycles. The van der Waals surface area contributed by atoms with Crippen LogP contribution in [0.15, 0.2) is 12.1 Å². The second-order valence-electron chi connectivity index (χ2n) is 3.08. The van der Waals surface area contributed by atoms with E-state index >= 15 is 0 Å². The van der Waals surface area contributed by atoms with Crippen molar-refractivity contribution in [3.8, 4) is 17.6 Å². The molecule has 82 valence electrons. The summed E-state index contributed by atoms with van der Waals surface area (Å²) in [4.78, 5) is 11.6. The van der Waals surface area contributed by atoms with E-state index in [9.17, 15) is 4.79 Å². The van der Waals surface area contributed by atoms with E-state index in [1.807, 2.05) is 6.07 Å². The largest absolute Gasteiger partial charge is 0.462 e. The number of hydrogen-bond acceptors (Lipinski definition) is 5. The first-order valence-corrected chi connectivity index (χ1v) is 4.77. The monoisotopic (exact) mass is 219 g/mol. The number of nitriles is 1. The zero-order valence-electron chi connectivity index (χ0n) is 8.65. The number of esters is 1. The van der Waals surface area contributed by atoms with Gasteiger partial charge in [0, 0.05) is 12.1 Å². The molecule has 0 bridgehead atoms. The molecule has 0 saturated heterocycles. The molecule has 2 rings (SSSR count). The van der Waals surface area contributed by atoms with Crippen LogP contribution in [0.4, 0.5) is 0 Å². The first-order valence-electron chi connectivity index (χ1n) is 4.77. The van der Waals surface area contributed by atoms with Gasteiger partial charge in [-0.3, -0.25) is 0 Å². The van der Waals surface area contributed by atoms with E-state index < -0.39 is 5.97 Å². The number of nitrogens with zero attached hydrogens (tertiary/aromatic N) is 1. The third kappa shape index (κ3) is 1.65. The summed E-state index contributed by atoms with van der Waals surface area (Å²) in [5.41, 5.74) is 0.427. The van der Waals surface area contributed by atoms with Gasteiger partial charge in [0.15, 0.2) is 11.5 Å². The lowest BCUT2D eigenvalue weighted by atomic mass is 10.1. The maximum Gasteiger partial charge on any atom is 0.339 e. The number of hydrogen-bond donors (Lipinski definition) is 0. The van der Waals surface area contributed by atoms with Crippen molar-refractivity contribution < 1.29 is 19.0 Å². The van der Waals surface area contributed by atoms with Crippen molar-refractivity contribution in [1.29, 1.82) is 5.26 Å². The molecule has 1 aromatic rings. The van der Waals surface area contributed by atoms with E-state index in [1.165, 1.54) is 12.1 Å². The first kappa shape index (κ1) is 10.3.